The van der Waals surface area contributed by atoms with E-state index in [0.717, 1.165) is 31.0 Å². The number of nitrogens with one attached hydrogen (secondary N) is 1. The maximum atomic E-state index is 4.66. The Hall–Kier alpha value is -1.71. The SMILES string of the molecule is CNCc1cccc(CN(C)Cc2cccc(C)c2)n1. The first-order valence-corrected chi connectivity index (χ1v) is 7.01. The summed E-state index contributed by atoms with van der Waals surface area (Å²) in [5, 5.41) is 3.13. The number of hydrogen-bond donors (Lipinski definition) is 1. The average Bonchev–Trinajstić information content (AvgIpc) is 2.39. The molecule has 0 radical (unpaired) electrons. The monoisotopic (exact) mass is 269 g/mol. The van der Waals surface area contributed by atoms with Gasteiger partial charge in [-0.3, -0.25) is 9.88 Å². The Bertz CT molecular complexity index is 551. The van der Waals surface area contributed by atoms with Gasteiger partial charge in [0.1, 0.15) is 0 Å². The standard InChI is InChI=1S/C17H23N3/c1-14-6-4-7-15(10-14)12-20(3)13-17-9-5-8-16(19-17)11-18-2/h4-10,18H,11-13H2,1-3H3. The zero-order chi connectivity index (χ0) is 14.4. The molecule has 0 atom stereocenters. The zero-order valence-electron chi connectivity index (χ0n) is 12.6. The second-order valence-electron chi connectivity index (χ2n) is 5.31. The van der Waals surface area contributed by atoms with Crippen LogP contribution in [0.4, 0.5) is 0 Å². The molecule has 0 aliphatic rings. The van der Waals surface area contributed by atoms with Gasteiger partial charge in [0.25, 0.3) is 0 Å². The van der Waals surface area contributed by atoms with Crippen molar-refractivity contribution in [2.75, 3.05) is 14.1 Å². The lowest BCUT2D eigenvalue weighted by Crippen LogP contribution is -2.18. The Labute approximate surface area is 121 Å². The van der Waals surface area contributed by atoms with Crippen LogP contribution in [0.2, 0.25) is 0 Å². The maximum absolute atomic E-state index is 4.66. The molecule has 3 nitrogen and oxygen atoms in total. The lowest BCUT2D eigenvalue weighted by Gasteiger charge is -2.17. The average molecular weight is 269 g/mol. The van der Waals surface area contributed by atoms with Crippen LogP contribution in [0, 0.1) is 6.92 Å². The van der Waals surface area contributed by atoms with Gasteiger partial charge in [0.05, 0.1) is 11.4 Å². The molecule has 0 amide bonds. The lowest BCUT2D eigenvalue weighted by atomic mass is 10.1. The molecule has 0 saturated carbocycles. The predicted molar refractivity (Wildman–Crippen MR) is 83.4 cm³/mol. The Morgan fingerprint density at radius 1 is 1.05 bits per heavy atom. The summed E-state index contributed by atoms with van der Waals surface area (Å²) < 4.78 is 0. The molecule has 0 aliphatic heterocycles. The summed E-state index contributed by atoms with van der Waals surface area (Å²) in [7, 11) is 4.08. The molecular weight excluding hydrogens is 246 g/mol. The van der Waals surface area contributed by atoms with E-state index in [-0.39, 0.29) is 0 Å². The van der Waals surface area contributed by atoms with Gasteiger partial charge in [-0.25, -0.2) is 0 Å². The van der Waals surface area contributed by atoms with Crippen molar-refractivity contribution in [1.82, 2.24) is 15.2 Å². The second kappa shape index (κ2) is 7.17. The molecule has 0 saturated heterocycles. The molecule has 0 spiro atoms. The van der Waals surface area contributed by atoms with Crippen LogP contribution in [-0.2, 0) is 19.6 Å². The molecule has 0 aliphatic carbocycles. The Morgan fingerprint density at radius 2 is 1.80 bits per heavy atom. The van der Waals surface area contributed by atoms with Crippen molar-refractivity contribution in [3.05, 3.63) is 65.0 Å². The van der Waals surface area contributed by atoms with Gasteiger partial charge in [-0.1, -0.05) is 35.9 Å². The molecule has 1 aromatic heterocycles. The van der Waals surface area contributed by atoms with Gasteiger partial charge in [0.2, 0.25) is 0 Å². The minimum atomic E-state index is 0.815. The van der Waals surface area contributed by atoms with E-state index in [1.54, 1.807) is 0 Å². The van der Waals surface area contributed by atoms with Crippen LogP contribution in [0.5, 0.6) is 0 Å². The highest BCUT2D eigenvalue weighted by atomic mass is 15.1. The number of pyridine rings is 1. The highest BCUT2D eigenvalue weighted by molar-refractivity contribution is 5.22. The first-order chi connectivity index (χ1) is 9.67. The summed E-state index contributed by atoms with van der Waals surface area (Å²) in [4.78, 5) is 6.95. The summed E-state index contributed by atoms with van der Waals surface area (Å²) >= 11 is 0. The van der Waals surface area contributed by atoms with Crippen molar-refractivity contribution in [2.24, 2.45) is 0 Å². The molecule has 2 aromatic rings. The summed E-state index contributed by atoms with van der Waals surface area (Å²) in [6.45, 7) is 4.76. The molecule has 3 heteroatoms. The maximum Gasteiger partial charge on any atom is 0.0547 e. The van der Waals surface area contributed by atoms with Gasteiger partial charge in [0.15, 0.2) is 0 Å². The predicted octanol–water partition coefficient (Wildman–Crippen LogP) is 2.74. The van der Waals surface area contributed by atoms with Crippen molar-refractivity contribution in [3.8, 4) is 0 Å². The second-order valence-corrected chi connectivity index (χ2v) is 5.31. The minimum absolute atomic E-state index is 0.815. The molecule has 0 bridgehead atoms. The van der Waals surface area contributed by atoms with Crippen LogP contribution in [0.3, 0.4) is 0 Å². The minimum Gasteiger partial charge on any atom is -0.314 e. The fraction of sp³-hybridized carbons (Fsp3) is 0.353. The van der Waals surface area contributed by atoms with E-state index in [1.165, 1.54) is 11.1 Å². The van der Waals surface area contributed by atoms with E-state index in [1.807, 2.05) is 7.05 Å². The topological polar surface area (TPSA) is 28.2 Å². The Morgan fingerprint density at radius 3 is 2.55 bits per heavy atom. The third kappa shape index (κ3) is 4.44. The summed E-state index contributed by atoms with van der Waals surface area (Å²) in [6.07, 6.45) is 0. The van der Waals surface area contributed by atoms with E-state index in [2.05, 4.69) is 71.6 Å². The van der Waals surface area contributed by atoms with Crippen LogP contribution in [-0.4, -0.2) is 24.0 Å². The van der Waals surface area contributed by atoms with Crippen LogP contribution in [0.15, 0.2) is 42.5 Å². The third-order valence-electron chi connectivity index (χ3n) is 3.19. The quantitative estimate of drug-likeness (QED) is 0.874. The molecule has 0 unspecified atom stereocenters. The Kier molecular flexibility index (Phi) is 5.27. The number of benzene rings is 1. The van der Waals surface area contributed by atoms with Gasteiger partial charge in [-0.2, -0.15) is 0 Å². The highest BCUT2D eigenvalue weighted by Crippen LogP contribution is 2.09. The molecule has 1 heterocycles. The van der Waals surface area contributed by atoms with Crippen molar-refractivity contribution >= 4 is 0 Å². The van der Waals surface area contributed by atoms with Gasteiger partial charge < -0.3 is 5.32 Å². The molecule has 0 fully saturated rings. The van der Waals surface area contributed by atoms with Crippen molar-refractivity contribution in [1.29, 1.82) is 0 Å². The number of rotatable bonds is 6. The van der Waals surface area contributed by atoms with Crippen molar-refractivity contribution in [2.45, 2.75) is 26.6 Å². The smallest absolute Gasteiger partial charge is 0.0547 e. The number of aryl methyl sites for hydroxylation is 1. The highest BCUT2D eigenvalue weighted by Gasteiger charge is 2.04. The van der Waals surface area contributed by atoms with Gasteiger partial charge in [0, 0.05) is 19.6 Å². The molecule has 1 aromatic carbocycles. The van der Waals surface area contributed by atoms with Gasteiger partial charge >= 0.3 is 0 Å². The summed E-state index contributed by atoms with van der Waals surface area (Å²) in [5.74, 6) is 0. The summed E-state index contributed by atoms with van der Waals surface area (Å²) in [6, 6.07) is 14.9. The number of aromatic nitrogens is 1. The largest absolute Gasteiger partial charge is 0.314 e. The molecule has 20 heavy (non-hydrogen) atoms. The van der Waals surface area contributed by atoms with Crippen LogP contribution >= 0.6 is 0 Å². The number of nitrogens with zero attached hydrogens (tertiary/aromatic N) is 2. The Balaban J connectivity index is 1.97. The molecule has 2 rings (SSSR count). The lowest BCUT2D eigenvalue weighted by molar-refractivity contribution is 0.314. The normalized spacial score (nSPS) is 11.0. The molecule has 1 N–H and O–H groups in total. The van der Waals surface area contributed by atoms with Crippen LogP contribution < -0.4 is 5.32 Å². The first kappa shape index (κ1) is 14.7. The third-order valence-corrected chi connectivity index (χ3v) is 3.19. The van der Waals surface area contributed by atoms with Crippen LogP contribution in [0.1, 0.15) is 22.5 Å². The van der Waals surface area contributed by atoms with E-state index in [0.29, 0.717) is 0 Å². The van der Waals surface area contributed by atoms with E-state index < -0.39 is 0 Å². The fourth-order valence-electron chi connectivity index (χ4n) is 2.35. The van der Waals surface area contributed by atoms with E-state index >= 15 is 0 Å². The van der Waals surface area contributed by atoms with Crippen molar-refractivity contribution < 1.29 is 0 Å². The first-order valence-electron chi connectivity index (χ1n) is 7.01. The van der Waals surface area contributed by atoms with Crippen LogP contribution in [0.25, 0.3) is 0 Å². The van der Waals surface area contributed by atoms with Gasteiger partial charge in [-0.05, 0) is 38.7 Å². The molecule has 106 valence electrons. The van der Waals surface area contributed by atoms with E-state index in [4.69, 9.17) is 0 Å². The summed E-state index contributed by atoms with van der Waals surface area (Å²) in [5.41, 5.74) is 4.87. The zero-order valence-corrected chi connectivity index (χ0v) is 12.6. The van der Waals surface area contributed by atoms with Crippen molar-refractivity contribution in [3.63, 3.8) is 0 Å². The number of hydrogen-bond acceptors (Lipinski definition) is 3. The van der Waals surface area contributed by atoms with Gasteiger partial charge in [-0.15, -0.1) is 0 Å². The van der Waals surface area contributed by atoms with E-state index in [9.17, 15) is 0 Å². The molecular formula is C17H23N3. The fourth-order valence-corrected chi connectivity index (χ4v) is 2.35.